The van der Waals surface area contributed by atoms with E-state index < -0.39 is 5.54 Å². The van der Waals surface area contributed by atoms with E-state index in [2.05, 4.69) is 10.6 Å². The molecule has 1 fully saturated rings. The summed E-state index contributed by atoms with van der Waals surface area (Å²) >= 11 is 0. The minimum atomic E-state index is -0.737. The van der Waals surface area contributed by atoms with Crippen molar-refractivity contribution in [2.45, 2.75) is 64.0 Å². The summed E-state index contributed by atoms with van der Waals surface area (Å²) in [4.78, 5) is 11.8. The SMILES string of the molecule is CCC(C)(NC(=O)NC1CCCCC1)C(=N)N. The molecule has 5 N–H and O–H groups in total. The van der Waals surface area contributed by atoms with Gasteiger partial charge in [-0.3, -0.25) is 5.41 Å². The van der Waals surface area contributed by atoms with Gasteiger partial charge in [-0.1, -0.05) is 26.2 Å². The van der Waals surface area contributed by atoms with Crippen LogP contribution in [0.2, 0.25) is 0 Å². The van der Waals surface area contributed by atoms with Gasteiger partial charge in [-0.05, 0) is 26.2 Å². The van der Waals surface area contributed by atoms with Crippen molar-refractivity contribution < 1.29 is 4.79 Å². The highest BCUT2D eigenvalue weighted by Gasteiger charge is 2.28. The lowest BCUT2D eigenvalue weighted by Gasteiger charge is -2.30. The summed E-state index contributed by atoms with van der Waals surface area (Å²) in [5.74, 6) is -0.00112. The van der Waals surface area contributed by atoms with Crippen molar-refractivity contribution in [2.75, 3.05) is 0 Å². The third-order valence-electron chi connectivity index (χ3n) is 3.63. The van der Waals surface area contributed by atoms with Gasteiger partial charge in [0, 0.05) is 6.04 Å². The summed E-state index contributed by atoms with van der Waals surface area (Å²) in [6, 6.07) is 0.0632. The Balaban J connectivity index is 2.44. The summed E-state index contributed by atoms with van der Waals surface area (Å²) in [5, 5.41) is 13.2. The van der Waals surface area contributed by atoms with Crippen molar-refractivity contribution in [3.8, 4) is 0 Å². The molecule has 0 aromatic heterocycles. The van der Waals surface area contributed by atoms with E-state index >= 15 is 0 Å². The molecule has 1 aliphatic carbocycles. The fourth-order valence-electron chi connectivity index (χ4n) is 2.07. The molecular weight excluding hydrogens is 216 g/mol. The average Bonchev–Trinajstić information content (AvgIpc) is 2.29. The molecular formula is C12H24N4O. The Morgan fingerprint density at radius 2 is 2.00 bits per heavy atom. The Kier molecular flexibility index (Phi) is 4.78. The van der Waals surface area contributed by atoms with E-state index in [-0.39, 0.29) is 17.9 Å². The van der Waals surface area contributed by atoms with E-state index in [1.165, 1.54) is 19.3 Å². The number of amides is 2. The second-order valence-corrected chi connectivity index (χ2v) is 5.03. The molecule has 0 heterocycles. The number of hydrogen-bond acceptors (Lipinski definition) is 2. The minimum Gasteiger partial charge on any atom is -0.386 e. The maximum absolute atomic E-state index is 11.8. The monoisotopic (exact) mass is 240 g/mol. The lowest BCUT2D eigenvalue weighted by molar-refractivity contribution is 0.225. The Bertz CT molecular complexity index is 286. The van der Waals surface area contributed by atoms with Crippen LogP contribution in [0.15, 0.2) is 0 Å². The van der Waals surface area contributed by atoms with E-state index in [1.807, 2.05) is 6.92 Å². The van der Waals surface area contributed by atoms with Crippen molar-refractivity contribution >= 4 is 11.9 Å². The van der Waals surface area contributed by atoms with Crippen LogP contribution in [0.4, 0.5) is 4.79 Å². The second-order valence-electron chi connectivity index (χ2n) is 5.03. The van der Waals surface area contributed by atoms with Gasteiger partial charge in [0.15, 0.2) is 0 Å². The highest BCUT2D eigenvalue weighted by atomic mass is 16.2. The van der Waals surface area contributed by atoms with Gasteiger partial charge in [0.05, 0.1) is 5.54 Å². The van der Waals surface area contributed by atoms with E-state index in [4.69, 9.17) is 11.1 Å². The Morgan fingerprint density at radius 1 is 1.41 bits per heavy atom. The number of nitrogens with one attached hydrogen (secondary N) is 3. The first-order valence-corrected chi connectivity index (χ1v) is 6.41. The summed E-state index contributed by atoms with van der Waals surface area (Å²) in [5.41, 5.74) is 4.77. The molecule has 0 spiro atoms. The van der Waals surface area contributed by atoms with E-state index in [0.29, 0.717) is 6.42 Å². The summed E-state index contributed by atoms with van der Waals surface area (Å²) in [6.07, 6.45) is 6.35. The highest BCUT2D eigenvalue weighted by molar-refractivity contribution is 5.91. The Labute approximate surface area is 103 Å². The molecule has 98 valence electrons. The van der Waals surface area contributed by atoms with Crippen molar-refractivity contribution in [1.82, 2.24) is 10.6 Å². The van der Waals surface area contributed by atoms with Crippen LogP contribution in [-0.2, 0) is 0 Å². The largest absolute Gasteiger partial charge is 0.386 e. The maximum atomic E-state index is 11.8. The molecule has 0 radical (unpaired) electrons. The van der Waals surface area contributed by atoms with Crippen molar-refractivity contribution in [1.29, 1.82) is 5.41 Å². The molecule has 1 saturated carbocycles. The molecule has 0 bridgehead atoms. The fourth-order valence-corrected chi connectivity index (χ4v) is 2.07. The van der Waals surface area contributed by atoms with E-state index in [9.17, 15) is 4.79 Å². The molecule has 1 rings (SSSR count). The van der Waals surface area contributed by atoms with E-state index in [1.54, 1.807) is 6.92 Å². The van der Waals surface area contributed by atoms with Crippen LogP contribution in [0.25, 0.3) is 0 Å². The van der Waals surface area contributed by atoms with Gasteiger partial charge in [-0.15, -0.1) is 0 Å². The molecule has 0 aromatic rings. The van der Waals surface area contributed by atoms with Gasteiger partial charge in [-0.2, -0.15) is 0 Å². The van der Waals surface area contributed by atoms with Gasteiger partial charge in [0.2, 0.25) is 0 Å². The zero-order valence-electron chi connectivity index (χ0n) is 10.8. The highest BCUT2D eigenvalue weighted by Crippen LogP contribution is 2.17. The third-order valence-corrected chi connectivity index (χ3v) is 3.63. The van der Waals surface area contributed by atoms with Crippen LogP contribution in [0.1, 0.15) is 52.4 Å². The molecule has 0 aliphatic heterocycles. The molecule has 1 unspecified atom stereocenters. The molecule has 17 heavy (non-hydrogen) atoms. The first-order chi connectivity index (χ1) is 7.98. The lowest BCUT2D eigenvalue weighted by Crippen LogP contribution is -2.58. The number of urea groups is 1. The van der Waals surface area contributed by atoms with Gasteiger partial charge < -0.3 is 16.4 Å². The van der Waals surface area contributed by atoms with Crippen LogP contribution in [0, 0.1) is 5.41 Å². The number of rotatable bonds is 4. The van der Waals surface area contributed by atoms with Crippen LogP contribution in [0.5, 0.6) is 0 Å². The first-order valence-electron chi connectivity index (χ1n) is 6.41. The molecule has 5 heteroatoms. The van der Waals surface area contributed by atoms with Gasteiger partial charge in [0.1, 0.15) is 5.84 Å². The van der Waals surface area contributed by atoms with Crippen LogP contribution in [-0.4, -0.2) is 23.4 Å². The Hall–Kier alpha value is -1.26. The molecule has 1 atom stereocenters. The molecule has 5 nitrogen and oxygen atoms in total. The zero-order chi connectivity index (χ0) is 12.9. The number of carbonyl (C=O) groups excluding carboxylic acids is 1. The smallest absolute Gasteiger partial charge is 0.315 e. The number of hydrogen-bond donors (Lipinski definition) is 4. The Morgan fingerprint density at radius 3 is 2.47 bits per heavy atom. The van der Waals surface area contributed by atoms with Gasteiger partial charge in [-0.25, -0.2) is 4.79 Å². The van der Waals surface area contributed by atoms with Crippen LogP contribution in [0.3, 0.4) is 0 Å². The molecule has 0 saturated heterocycles. The van der Waals surface area contributed by atoms with Crippen molar-refractivity contribution in [2.24, 2.45) is 5.73 Å². The quantitative estimate of drug-likeness (QED) is 0.445. The number of carbonyl (C=O) groups is 1. The average molecular weight is 240 g/mol. The van der Waals surface area contributed by atoms with Crippen molar-refractivity contribution in [3.05, 3.63) is 0 Å². The van der Waals surface area contributed by atoms with Crippen molar-refractivity contribution in [3.63, 3.8) is 0 Å². The third kappa shape index (κ3) is 3.91. The molecule has 1 aliphatic rings. The lowest BCUT2D eigenvalue weighted by atomic mass is 9.95. The second kappa shape index (κ2) is 5.89. The first kappa shape index (κ1) is 13.8. The topological polar surface area (TPSA) is 91.0 Å². The predicted molar refractivity (Wildman–Crippen MR) is 69.2 cm³/mol. The van der Waals surface area contributed by atoms with Crippen LogP contribution < -0.4 is 16.4 Å². The van der Waals surface area contributed by atoms with Gasteiger partial charge in [0.25, 0.3) is 0 Å². The normalized spacial score (nSPS) is 20.4. The summed E-state index contributed by atoms with van der Waals surface area (Å²) in [6.45, 7) is 3.68. The number of nitrogens with two attached hydrogens (primary N) is 1. The zero-order valence-corrected chi connectivity index (χ0v) is 10.8. The summed E-state index contributed by atoms with van der Waals surface area (Å²) < 4.78 is 0. The number of amidine groups is 1. The summed E-state index contributed by atoms with van der Waals surface area (Å²) in [7, 11) is 0. The van der Waals surface area contributed by atoms with Gasteiger partial charge >= 0.3 is 6.03 Å². The predicted octanol–water partition coefficient (Wildman–Crippen LogP) is 1.72. The standard InChI is InChI=1S/C12H24N4O/c1-3-12(2,10(13)14)16-11(17)15-9-7-5-4-6-8-9/h9H,3-8H2,1-2H3,(H3,13,14)(H2,15,16,17). The van der Waals surface area contributed by atoms with E-state index in [0.717, 1.165) is 12.8 Å². The minimum absolute atomic E-state index is 0.00112. The molecule has 0 aromatic carbocycles. The molecule has 2 amide bonds. The maximum Gasteiger partial charge on any atom is 0.315 e. The van der Waals surface area contributed by atoms with Crippen LogP contribution >= 0.6 is 0 Å². The fraction of sp³-hybridized carbons (Fsp3) is 0.833.